The van der Waals surface area contributed by atoms with E-state index in [1.165, 1.54) is 83.6 Å². The van der Waals surface area contributed by atoms with Crippen molar-refractivity contribution in [2.45, 2.75) is 90.0 Å². The van der Waals surface area contributed by atoms with Crippen molar-refractivity contribution in [1.29, 1.82) is 0 Å². The van der Waals surface area contributed by atoms with Crippen molar-refractivity contribution in [2.75, 3.05) is 6.54 Å². The molecule has 1 N–H and O–H groups in total. The fourth-order valence-electron chi connectivity index (χ4n) is 2.70. The molecule has 0 heterocycles. The van der Waals surface area contributed by atoms with E-state index in [0.29, 0.717) is 0 Å². The van der Waals surface area contributed by atoms with E-state index in [-0.39, 0.29) is 0 Å². The lowest BCUT2D eigenvalue weighted by atomic mass is 10.1. The molecule has 0 aromatic rings. The molecule has 0 amide bonds. The molecule has 0 unspecified atom stereocenters. The summed E-state index contributed by atoms with van der Waals surface area (Å²) >= 11 is 0. The van der Waals surface area contributed by atoms with Crippen LogP contribution in [0.25, 0.3) is 0 Å². The maximum Gasteiger partial charge on any atom is 0.00670 e. The zero-order valence-corrected chi connectivity index (χ0v) is 11.3. The minimum atomic E-state index is 0.865. The smallest absolute Gasteiger partial charge is 0.00670 e. The average molecular weight is 225 g/mol. The average Bonchev–Trinajstić information content (AvgIpc) is 2.80. The van der Waals surface area contributed by atoms with E-state index in [1.54, 1.807) is 0 Å². The molecule has 0 aliphatic heterocycles. The van der Waals surface area contributed by atoms with Crippen LogP contribution in [0.15, 0.2) is 0 Å². The fraction of sp³-hybridized carbons (Fsp3) is 1.00. The predicted octanol–water partition coefficient (Wildman–Crippen LogP) is 4.66. The summed E-state index contributed by atoms with van der Waals surface area (Å²) in [6, 6.07) is 0.865. The third-order valence-corrected chi connectivity index (χ3v) is 3.82. The van der Waals surface area contributed by atoms with Gasteiger partial charge < -0.3 is 5.32 Å². The zero-order valence-electron chi connectivity index (χ0n) is 11.3. The van der Waals surface area contributed by atoms with Gasteiger partial charge in [0, 0.05) is 6.04 Å². The Labute approximate surface area is 102 Å². The summed E-state index contributed by atoms with van der Waals surface area (Å²) in [5, 5.41) is 3.69. The lowest BCUT2D eigenvalue weighted by Crippen LogP contribution is -2.26. The van der Waals surface area contributed by atoms with Gasteiger partial charge in [-0.1, -0.05) is 64.7 Å². The Morgan fingerprint density at radius 1 is 0.812 bits per heavy atom. The molecule has 1 saturated carbocycles. The predicted molar refractivity (Wildman–Crippen MR) is 72.9 cm³/mol. The highest BCUT2D eigenvalue weighted by atomic mass is 14.9. The number of hydrogen-bond donors (Lipinski definition) is 1. The Balaban J connectivity index is 1.71. The van der Waals surface area contributed by atoms with Crippen LogP contribution >= 0.6 is 0 Å². The largest absolute Gasteiger partial charge is 0.314 e. The van der Waals surface area contributed by atoms with Crippen molar-refractivity contribution in [3.05, 3.63) is 0 Å². The first-order valence-electron chi connectivity index (χ1n) is 7.67. The van der Waals surface area contributed by atoms with Crippen LogP contribution in [0.4, 0.5) is 0 Å². The molecule has 0 aromatic heterocycles. The van der Waals surface area contributed by atoms with Gasteiger partial charge in [0.2, 0.25) is 0 Å². The molecule has 0 aromatic carbocycles. The molecule has 16 heavy (non-hydrogen) atoms. The summed E-state index contributed by atoms with van der Waals surface area (Å²) in [6.45, 7) is 3.55. The van der Waals surface area contributed by atoms with E-state index in [1.807, 2.05) is 0 Å². The zero-order chi connectivity index (χ0) is 11.5. The van der Waals surface area contributed by atoms with Crippen LogP contribution in [0.5, 0.6) is 0 Å². The number of unbranched alkanes of at least 4 members (excludes halogenated alkanes) is 7. The minimum absolute atomic E-state index is 0.865. The Kier molecular flexibility index (Phi) is 8.88. The minimum Gasteiger partial charge on any atom is -0.314 e. The molecule has 0 saturated heterocycles. The van der Waals surface area contributed by atoms with Crippen molar-refractivity contribution in [3.8, 4) is 0 Å². The van der Waals surface area contributed by atoms with E-state index in [2.05, 4.69) is 12.2 Å². The Hall–Kier alpha value is -0.0400. The third kappa shape index (κ3) is 7.27. The van der Waals surface area contributed by atoms with Gasteiger partial charge in [0.1, 0.15) is 0 Å². The van der Waals surface area contributed by atoms with Gasteiger partial charge in [-0.05, 0) is 25.8 Å². The van der Waals surface area contributed by atoms with Crippen LogP contribution in [-0.4, -0.2) is 12.6 Å². The van der Waals surface area contributed by atoms with Crippen molar-refractivity contribution < 1.29 is 0 Å². The monoisotopic (exact) mass is 225 g/mol. The lowest BCUT2D eigenvalue weighted by molar-refractivity contribution is 0.495. The first kappa shape index (κ1) is 14.0. The summed E-state index contributed by atoms with van der Waals surface area (Å²) in [6.07, 6.45) is 17.2. The van der Waals surface area contributed by atoms with Gasteiger partial charge in [-0.15, -0.1) is 0 Å². The molecule has 0 spiro atoms. The topological polar surface area (TPSA) is 12.0 Å². The summed E-state index contributed by atoms with van der Waals surface area (Å²) in [7, 11) is 0. The third-order valence-electron chi connectivity index (χ3n) is 3.82. The highest BCUT2D eigenvalue weighted by Crippen LogP contribution is 2.17. The first-order valence-corrected chi connectivity index (χ1v) is 7.67. The molecule has 1 aliphatic carbocycles. The van der Waals surface area contributed by atoms with Gasteiger partial charge in [0.15, 0.2) is 0 Å². The summed E-state index contributed by atoms with van der Waals surface area (Å²) in [5.41, 5.74) is 0. The summed E-state index contributed by atoms with van der Waals surface area (Å²) in [5.74, 6) is 0. The van der Waals surface area contributed by atoms with Gasteiger partial charge in [0.25, 0.3) is 0 Å². The molecule has 96 valence electrons. The number of hydrogen-bond acceptors (Lipinski definition) is 1. The van der Waals surface area contributed by atoms with E-state index in [4.69, 9.17) is 0 Å². The molecular formula is C15H31N. The second-order valence-electron chi connectivity index (χ2n) is 5.41. The van der Waals surface area contributed by atoms with Crippen LogP contribution in [0.1, 0.15) is 84.0 Å². The second-order valence-corrected chi connectivity index (χ2v) is 5.41. The van der Waals surface area contributed by atoms with Crippen molar-refractivity contribution >= 4 is 0 Å². The first-order chi connectivity index (χ1) is 7.93. The Morgan fingerprint density at radius 3 is 2.00 bits per heavy atom. The maximum atomic E-state index is 3.69. The van der Waals surface area contributed by atoms with E-state index < -0.39 is 0 Å². The van der Waals surface area contributed by atoms with Crippen LogP contribution in [0, 0.1) is 0 Å². The lowest BCUT2D eigenvalue weighted by Gasteiger charge is -2.11. The van der Waals surface area contributed by atoms with Gasteiger partial charge in [-0.25, -0.2) is 0 Å². The Morgan fingerprint density at radius 2 is 1.38 bits per heavy atom. The standard InChI is InChI=1S/C15H31N/c1-2-3-4-5-6-7-8-11-14-16-15-12-9-10-13-15/h15-16H,2-14H2,1H3. The summed E-state index contributed by atoms with van der Waals surface area (Å²) in [4.78, 5) is 0. The molecule has 1 nitrogen and oxygen atoms in total. The van der Waals surface area contributed by atoms with E-state index in [9.17, 15) is 0 Å². The van der Waals surface area contributed by atoms with Crippen LogP contribution in [-0.2, 0) is 0 Å². The van der Waals surface area contributed by atoms with Crippen molar-refractivity contribution in [2.24, 2.45) is 0 Å². The summed E-state index contributed by atoms with van der Waals surface area (Å²) < 4.78 is 0. The Bertz CT molecular complexity index is 138. The van der Waals surface area contributed by atoms with Gasteiger partial charge in [-0.2, -0.15) is 0 Å². The van der Waals surface area contributed by atoms with Gasteiger partial charge in [-0.3, -0.25) is 0 Å². The van der Waals surface area contributed by atoms with E-state index in [0.717, 1.165) is 6.04 Å². The molecule has 1 fully saturated rings. The highest BCUT2D eigenvalue weighted by molar-refractivity contribution is 4.73. The molecule has 1 aliphatic rings. The van der Waals surface area contributed by atoms with Crippen molar-refractivity contribution in [3.63, 3.8) is 0 Å². The molecule has 1 rings (SSSR count). The van der Waals surface area contributed by atoms with Gasteiger partial charge >= 0.3 is 0 Å². The van der Waals surface area contributed by atoms with Crippen LogP contribution in [0.2, 0.25) is 0 Å². The SMILES string of the molecule is CCCCCCCCCCNC1CCCC1. The highest BCUT2D eigenvalue weighted by Gasteiger charge is 2.12. The normalized spacial score (nSPS) is 17.1. The van der Waals surface area contributed by atoms with E-state index >= 15 is 0 Å². The molecule has 0 atom stereocenters. The van der Waals surface area contributed by atoms with Crippen LogP contribution in [0.3, 0.4) is 0 Å². The molecular weight excluding hydrogens is 194 g/mol. The molecule has 1 heteroatoms. The molecule has 0 radical (unpaired) electrons. The number of nitrogens with one attached hydrogen (secondary N) is 1. The number of rotatable bonds is 10. The quantitative estimate of drug-likeness (QED) is 0.533. The van der Waals surface area contributed by atoms with Crippen molar-refractivity contribution in [1.82, 2.24) is 5.32 Å². The second kappa shape index (κ2) is 10.1. The van der Waals surface area contributed by atoms with Gasteiger partial charge in [0.05, 0.1) is 0 Å². The maximum absolute atomic E-state index is 3.69. The molecule has 0 bridgehead atoms. The van der Waals surface area contributed by atoms with Crippen LogP contribution < -0.4 is 5.32 Å². The fourth-order valence-corrected chi connectivity index (χ4v) is 2.70.